The van der Waals surface area contributed by atoms with Crippen molar-refractivity contribution >= 4 is 11.7 Å². The fraction of sp³-hybridized carbons (Fsp3) is 0.500. The van der Waals surface area contributed by atoms with Crippen molar-refractivity contribution in [1.29, 1.82) is 0 Å². The maximum absolute atomic E-state index is 12.3. The van der Waals surface area contributed by atoms with Crippen LogP contribution in [0.15, 0.2) is 18.3 Å². The number of pyridine rings is 1. The van der Waals surface area contributed by atoms with Crippen molar-refractivity contribution in [3.8, 4) is 0 Å². The highest BCUT2D eigenvalue weighted by Gasteiger charge is 2.32. The van der Waals surface area contributed by atoms with Crippen molar-refractivity contribution in [3.63, 3.8) is 0 Å². The van der Waals surface area contributed by atoms with Crippen LogP contribution in [0.4, 0.5) is 18.9 Å². The fourth-order valence-electron chi connectivity index (χ4n) is 2.22. The van der Waals surface area contributed by atoms with Gasteiger partial charge in [0.25, 0.3) is 0 Å². The molecule has 2 heterocycles. The SMILES string of the molecule is O=C(O)c1ncccc1N1CCN(CC(F)(F)F)CC1. The largest absolute Gasteiger partial charge is 0.476 e. The van der Waals surface area contributed by atoms with Gasteiger partial charge in [0.2, 0.25) is 0 Å². The number of rotatable bonds is 3. The van der Waals surface area contributed by atoms with Crippen LogP contribution in [0.1, 0.15) is 10.5 Å². The van der Waals surface area contributed by atoms with Crippen LogP contribution in [-0.4, -0.2) is 59.9 Å². The minimum atomic E-state index is -4.21. The molecule has 0 bridgehead atoms. The zero-order chi connectivity index (χ0) is 14.8. The average molecular weight is 289 g/mol. The monoisotopic (exact) mass is 289 g/mol. The Morgan fingerprint density at radius 1 is 1.30 bits per heavy atom. The number of alkyl halides is 3. The molecule has 8 heteroatoms. The van der Waals surface area contributed by atoms with Gasteiger partial charge in [-0.25, -0.2) is 9.78 Å². The zero-order valence-electron chi connectivity index (χ0n) is 10.6. The molecular formula is C12H14F3N3O2. The normalized spacial score (nSPS) is 17.2. The Hall–Kier alpha value is -1.83. The molecule has 1 aromatic rings. The molecule has 0 radical (unpaired) electrons. The number of hydrogen-bond donors (Lipinski definition) is 1. The molecule has 2 rings (SSSR count). The van der Waals surface area contributed by atoms with E-state index in [1.807, 2.05) is 0 Å². The van der Waals surface area contributed by atoms with Crippen molar-refractivity contribution < 1.29 is 23.1 Å². The van der Waals surface area contributed by atoms with Gasteiger partial charge in [-0.2, -0.15) is 13.2 Å². The van der Waals surface area contributed by atoms with E-state index in [4.69, 9.17) is 5.11 Å². The van der Waals surface area contributed by atoms with Crippen LogP contribution in [0, 0.1) is 0 Å². The molecule has 1 aliphatic heterocycles. The van der Waals surface area contributed by atoms with Gasteiger partial charge in [-0.1, -0.05) is 0 Å². The van der Waals surface area contributed by atoms with Crippen LogP contribution < -0.4 is 4.90 Å². The molecule has 1 fully saturated rings. The van der Waals surface area contributed by atoms with Gasteiger partial charge in [0.15, 0.2) is 5.69 Å². The van der Waals surface area contributed by atoms with Crippen LogP contribution in [0.3, 0.4) is 0 Å². The predicted molar refractivity (Wildman–Crippen MR) is 65.9 cm³/mol. The van der Waals surface area contributed by atoms with Gasteiger partial charge in [-0.3, -0.25) is 4.90 Å². The van der Waals surface area contributed by atoms with Crippen molar-refractivity contribution in [2.45, 2.75) is 6.18 Å². The molecule has 0 unspecified atom stereocenters. The first-order valence-corrected chi connectivity index (χ1v) is 6.09. The van der Waals surface area contributed by atoms with Crippen LogP contribution in [0.25, 0.3) is 0 Å². The van der Waals surface area contributed by atoms with Crippen molar-refractivity contribution in [2.24, 2.45) is 0 Å². The van der Waals surface area contributed by atoms with Crippen LogP contribution >= 0.6 is 0 Å². The third-order valence-electron chi connectivity index (χ3n) is 3.10. The van der Waals surface area contributed by atoms with E-state index < -0.39 is 18.7 Å². The van der Waals surface area contributed by atoms with Gasteiger partial charge in [0.1, 0.15) is 0 Å². The first kappa shape index (κ1) is 14.6. The van der Waals surface area contributed by atoms with Crippen LogP contribution in [-0.2, 0) is 0 Å². The van der Waals surface area contributed by atoms with Gasteiger partial charge < -0.3 is 10.0 Å². The molecule has 1 N–H and O–H groups in total. The summed E-state index contributed by atoms with van der Waals surface area (Å²) in [7, 11) is 0. The number of carbonyl (C=O) groups is 1. The summed E-state index contributed by atoms with van der Waals surface area (Å²) < 4.78 is 36.9. The fourth-order valence-corrected chi connectivity index (χ4v) is 2.22. The highest BCUT2D eigenvalue weighted by atomic mass is 19.4. The molecular weight excluding hydrogens is 275 g/mol. The molecule has 5 nitrogen and oxygen atoms in total. The van der Waals surface area contributed by atoms with E-state index in [2.05, 4.69) is 4.98 Å². The summed E-state index contributed by atoms with van der Waals surface area (Å²) in [6, 6.07) is 3.24. The van der Waals surface area contributed by atoms with E-state index in [-0.39, 0.29) is 18.8 Å². The summed E-state index contributed by atoms with van der Waals surface area (Å²) >= 11 is 0. The quantitative estimate of drug-likeness (QED) is 0.913. The third kappa shape index (κ3) is 3.60. The van der Waals surface area contributed by atoms with Crippen molar-refractivity contribution in [2.75, 3.05) is 37.6 Å². The van der Waals surface area contributed by atoms with Crippen molar-refractivity contribution in [3.05, 3.63) is 24.0 Å². The lowest BCUT2D eigenvalue weighted by Gasteiger charge is -2.36. The minimum absolute atomic E-state index is 0.0724. The topological polar surface area (TPSA) is 56.7 Å². The Morgan fingerprint density at radius 3 is 2.50 bits per heavy atom. The van der Waals surface area contributed by atoms with Gasteiger partial charge in [-0.15, -0.1) is 0 Å². The van der Waals surface area contributed by atoms with E-state index >= 15 is 0 Å². The highest BCUT2D eigenvalue weighted by molar-refractivity contribution is 5.92. The number of hydrogen-bond acceptors (Lipinski definition) is 4. The number of anilines is 1. The number of halogens is 3. The van der Waals surface area contributed by atoms with Gasteiger partial charge in [0.05, 0.1) is 12.2 Å². The Kier molecular flexibility index (Phi) is 4.12. The number of piperazine rings is 1. The van der Waals surface area contributed by atoms with Gasteiger partial charge in [0, 0.05) is 32.4 Å². The Labute approximate surface area is 113 Å². The summed E-state index contributed by atoms with van der Waals surface area (Å²) in [4.78, 5) is 17.9. The smallest absolute Gasteiger partial charge is 0.401 e. The van der Waals surface area contributed by atoms with Crippen molar-refractivity contribution in [1.82, 2.24) is 9.88 Å². The second-order valence-electron chi connectivity index (χ2n) is 4.55. The van der Waals surface area contributed by atoms with Crippen LogP contribution in [0.5, 0.6) is 0 Å². The van der Waals surface area contributed by atoms with Gasteiger partial charge >= 0.3 is 12.1 Å². The molecule has 20 heavy (non-hydrogen) atoms. The van der Waals surface area contributed by atoms with E-state index in [1.54, 1.807) is 17.0 Å². The second-order valence-corrected chi connectivity index (χ2v) is 4.55. The Bertz CT molecular complexity index is 485. The summed E-state index contributed by atoms with van der Waals surface area (Å²) in [5, 5.41) is 9.05. The minimum Gasteiger partial charge on any atom is -0.476 e. The molecule has 1 aliphatic rings. The standard InChI is InChI=1S/C12H14F3N3O2/c13-12(14,15)8-17-4-6-18(7-5-17)9-2-1-3-16-10(9)11(19)20/h1-3H,4-8H2,(H,19,20). The molecule has 0 atom stereocenters. The summed E-state index contributed by atoms with van der Waals surface area (Å²) in [5.41, 5.74) is 0.378. The maximum Gasteiger partial charge on any atom is 0.401 e. The molecule has 0 saturated carbocycles. The predicted octanol–water partition coefficient (Wildman–Crippen LogP) is 1.46. The number of carboxylic acid groups (broad SMARTS) is 1. The molecule has 0 amide bonds. The summed E-state index contributed by atoms with van der Waals surface area (Å²) in [5.74, 6) is -1.14. The van der Waals surface area contributed by atoms with Gasteiger partial charge in [-0.05, 0) is 12.1 Å². The zero-order valence-corrected chi connectivity index (χ0v) is 10.6. The summed E-state index contributed by atoms with van der Waals surface area (Å²) in [6.45, 7) is 0.255. The number of carboxylic acids is 1. The third-order valence-corrected chi connectivity index (χ3v) is 3.10. The second kappa shape index (κ2) is 5.66. The average Bonchev–Trinajstić information content (AvgIpc) is 2.38. The molecule has 0 spiro atoms. The van der Waals surface area contributed by atoms with Crippen LogP contribution in [0.2, 0.25) is 0 Å². The number of aromatic carboxylic acids is 1. The lowest BCUT2D eigenvalue weighted by molar-refractivity contribution is -0.146. The number of aromatic nitrogens is 1. The lowest BCUT2D eigenvalue weighted by atomic mass is 10.2. The highest BCUT2D eigenvalue weighted by Crippen LogP contribution is 2.22. The Balaban J connectivity index is 2.03. The van der Waals surface area contributed by atoms with E-state index in [0.717, 1.165) is 0 Å². The first-order valence-electron chi connectivity index (χ1n) is 6.09. The molecule has 1 aromatic heterocycles. The first-order chi connectivity index (χ1) is 9.37. The molecule has 0 aliphatic carbocycles. The summed E-state index contributed by atoms with van der Waals surface area (Å²) in [6.07, 6.45) is -2.82. The van der Waals surface area contributed by atoms with E-state index in [9.17, 15) is 18.0 Å². The van der Waals surface area contributed by atoms with E-state index in [0.29, 0.717) is 18.8 Å². The Morgan fingerprint density at radius 2 is 1.95 bits per heavy atom. The molecule has 110 valence electrons. The molecule has 0 aromatic carbocycles. The van der Waals surface area contributed by atoms with E-state index in [1.165, 1.54) is 11.1 Å². The lowest BCUT2D eigenvalue weighted by Crippen LogP contribution is -2.49. The maximum atomic E-state index is 12.3. The molecule has 1 saturated heterocycles. The number of nitrogens with zero attached hydrogens (tertiary/aromatic N) is 3.